The van der Waals surface area contributed by atoms with Crippen LogP contribution in [-0.4, -0.2) is 26.1 Å². The summed E-state index contributed by atoms with van der Waals surface area (Å²) < 4.78 is 0. The molecule has 0 fully saturated rings. The highest BCUT2D eigenvalue weighted by Gasteiger charge is 1.67. The summed E-state index contributed by atoms with van der Waals surface area (Å²) >= 11 is 1.90. The first kappa shape index (κ1) is 11.2. The van der Waals surface area contributed by atoms with Gasteiger partial charge in [0.1, 0.15) is 0 Å². The van der Waals surface area contributed by atoms with Crippen molar-refractivity contribution in [3.63, 3.8) is 0 Å². The lowest BCUT2D eigenvalue weighted by atomic mass is 10.6. The van der Waals surface area contributed by atoms with Crippen molar-refractivity contribution >= 4 is 11.8 Å². The molecule has 0 unspecified atom stereocenters. The quantitative estimate of drug-likeness (QED) is 0.617. The van der Waals surface area contributed by atoms with E-state index in [9.17, 15) is 0 Å². The minimum atomic E-state index is 1.31. The van der Waals surface area contributed by atoms with Gasteiger partial charge in [-0.05, 0) is 32.5 Å². The SMILES string of the molecule is CCCSC.CNC. The summed E-state index contributed by atoms with van der Waals surface area (Å²) in [5, 5.41) is 2.75. The molecule has 0 aromatic heterocycles. The van der Waals surface area contributed by atoms with Crippen LogP contribution in [0.25, 0.3) is 0 Å². The molecule has 0 aliphatic rings. The molecule has 2 heteroatoms. The van der Waals surface area contributed by atoms with Crippen LogP contribution in [0.15, 0.2) is 0 Å². The first-order valence-electron chi connectivity index (χ1n) is 2.90. The van der Waals surface area contributed by atoms with Crippen molar-refractivity contribution in [2.24, 2.45) is 0 Å². The molecule has 0 spiro atoms. The van der Waals surface area contributed by atoms with Crippen molar-refractivity contribution in [2.75, 3.05) is 26.1 Å². The van der Waals surface area contributed by atoms with Crippen molar-refractivity contribution < 1.29 is 0 Å². The van der Waals surface area contributed by atoms with Crippen LogP contribution in [0.5, 0.6) is 0 Å². The van der Waals surface area contributed by atoms with Crippen LogP contribution in [0.4, 0.5) is 0 Å². The fourth-order valence-corrected chi connectivity index (χ4v) is 0.612. The van der Waals surface area contributed by atoms with Gasteiger partial charge in [0, 0.05) is 0 Å². The fourth-order valence-electron chi connectivity index (χ4n) is 0.204. The van der Waals surface area contributed by atoms with E-state index in [1.165, 1.54) is 12.2 Å². The molecular formula is C6H17NS. The highest BCUT2D eigenvalue weighted by atomic mass is 32.2. The van der Waals surface area contributed by atoms with Gasteiger partial charge in [-0.2, -0.15) is 11.8 Å². The number of nitrogens with one attached hydrogen (secondary N) is 1. The number of thioether (sulfide) groups is 1. The summed E-state index contributed by atoms with van der Waals surface area (Å²) in [4.78, 5) is 0. The lowest BCUT2D eigenvalue weighted by molar-refractivity contribution is 1.02. The molecule has 0 atom stereocenters. The molecular weight excluding hydrogens is 118 g/mol. The second-order valence-corrected chi connectivity index (χ2v) is 2.48. The van der Waals surface area contributed by atoms with Gasteiger partial charge in [-0.1, -0.05) is 6.92 Å². The van der Waals surface area contributed by atoms with E-state index in [1.54, 1.807) is 0 Å². The van der Waals surface area contributed by atoms with Crippen molar-refractivity contribution in [3.05, 3.63) is 0 Å². The molecule has 52 valence electrons. The second kappa shape index (κ2) is 15.7. The van der Waals surface area contributed by atoms with E-state index in [0.29, 0.717) is 0 Å². The molecule has 8 heavy (non-hydrogen) atoms. The van der Waals surface area contributed by atoms with E-state index in [4.69, 9.17) is 0 Å². The number of hydrogen-bond donors (Lipinski definition) is 1. The van der Waals surface area contributed by atoms with Gasteiger partial charge in [0.25, 0.3) is 0 Å². The zero-order chi connectivity index (χ0) is 6.83. The van der Waals surface area contributed by atoms with Crippen molar-refractivity contribution in [1.29, 1.82) is 0 Å². The van der Waals surface area contributed by atoms with Crippen LogP contribution in [0.3, 0.4) is 0 Å². The van der Waals surface area contributed by atoms with Crippen LogP contribution in [0.2, 0.25) is 0 Å². The molecule has 0 aliphatic carbocycles. The number of rotatable bonds is 2. The maximum absolute atomic E-state index is 2.75. The summed E-state index contributed by atoms with van der Waals surface area (Å²) in [5.74, 6) is 1.31. The zero-order valence-corrected chi connectivity index (χ0v) is 7.14. The van der Waals surface area contributed by atoms with Crippen LogP contribution < -0.4 is 5.32 Å². The van der Waals surface area contributed by atoms with E-state index in [0.717, 1.165) is 0 Å². The average molecular weight is 135 g/mol. The highest BCUT2D eigenvalue weighted by molar-refractivity contribution is 7.98. The second-order valence-electron chi connectivity index (χ2n) is 1.49. The third-order valence-electron chi connectivity index (χ3n) is 0.408. The molecule has 0 saturated carbocycles. The summed E-state index contributed by atoms with van der Waals surface area (Å²) in [7, 11) is 3.75. The fraction of sp³-hybridized carbons (Fsp3) is 1.00. The van der Waals surface area contributed by atoms with Crippen molar-refractivity contribution in [1.82, 2.24) is 5.32 Å². The van der Waals surface area contributed by atoms with Crippen LogP contribution in [0.1, 0.15) is 13.3 Å². The molecule has 0 aliphatic heterocycles. The standard InChI is InChI=1S/C4H10S.C2H7N/c1-3-4-5-2;1-3-2/h3-4H2,1-2H3;3H,1-2H3. The van der Waals surface area contributed by atoms with Crippen molar-refractivity contribution in [3.8, 4) is 0 Å². The average Bonchev–Trinajstić information content (AvgIpc) is 1.71. The van der Waals surface area contributed by atoms with Crippen molar-refractivity contribution in [2.45, 2.75) is 13.3 Å². The van der Waals surface area contributed by atoms with Gasteiger partial charge in [-0.3, -0.25) is 0 Å². The largest absolute Gasteiger partial charge is 0.323 e. The molecule has 0 aromatic carbocycles. The first-order chi connectivity index (χ1) is 3.83. The zero-order valence-electron chi connectivity index (χ0n) is 6.32. The highest BCUT2D eigenvalue weighted by Crippen LogP contribution is 1.91. The third kappa shape index (κ3) is 33.3. The number of hydrogen-bond acceptors (Lipinski definition) is 2. The smallest absolute Gasteiger partial charge is 0.00729 e. The van der Waals surface area contributed by atoms with E-state index < -0.39 is 0 Å². The summed E-state index contributed by atoms with van der Waals surface area (Å²) in [6, 6.07) is 0. The summed E-state index contributed by atoms with van der Waals surface area (Å²) in [5.41, 5.74) is 0. The Morgan fingerprint density at radius 1 is 1.38 bits per heavy atom. The molecule has 1 nitrogen and oxygen atoms in total. The lowest BCUT2D eigenvalue weighted by Crippen LogP contribution is -1.89. The Morgan fingerprint density at radius 2 is 1.75 bits per heavy atom. The molecule has 0 aromatic rings. The third-order valence-corrected chi connectivity index (χ3v) is 1.22. The van der Waals surface area contributed by atoms with Gasteiger partial charge in [-0.15, -0.1) is 0 Å². The van der Waals surface area contributed by atoms with Crippen LogP contribution in [-0.2, 0) is 0 Å². The topological polar surface area (TPSA) is 12.0 Å². The molecule has 0 amide bonds. The first-order valence-corrected chi connectivity index (χ1v) is 4.30. The Hall–Kier alpha value is 0.310. The van der Waals surface area contributed by atoms with Gasteiger partial charge in [0.05, 0.1) is 0 Å². The Morgan fingerprint density at radius 3 is 1.75 bits per heavy atom. The predicted octanol–water partition coefficient (Wildman–Crippen LogP) is 1.59. The van der Waals surface area contributed by atoms with E-state index in [-0.39, 0.29) is 0 Å². The minimum absolute atomic E-state index is 1.31. The Kier molecular flexibility index (Phi) is 21.8. The van der Waals surface area contributed by atoms with Gasteiger partial charge in [-0.25, -0.2) is 0 Å². The van der Waals surface area contributed by atoms with Gasteiger partial charge in [0.2, 0.25) is 0 Å². The maximum Gasteiger partial charge on any atom is -0.00729 e. The monoisotopic (exact) mass is 135 g/mol. The maximum atomic E-state index is 2.75. The molecule has 0 radical (unpaired) electrons. The normalized spacial score (nSPS) is 7.50. The molecule has 0 bridgehead atoms. The Labute approximate surface area is 57.2 Å². The molecule has 1 N–H and O–H groups in total. The van der Waals surface area contributed by atoms with Gasteiger partial charge in [0.15, 0.2) is 0 Å². The summed E-state index contributed by atoms with van der Waals surface area (Å²) in [6.45, 7) is 2.19. The van der Waals surface area contributed by atoms with E-state index in [1.807, 2.05) is 25.9 Å². The van der Waals surface area contributed by atoms with Crippen LogP contribution >= 0.6 is 11.8 Å². The van der Waals surface area contributed by atoms with E-state index in [2.05, 4.69) is 18.5 Å². The molecule has 0 rings (SSSR count). The Bertz CT molecular complexity index is 22.5. The van der Waals surface area contributed by atoms with Crippen LogP contribution in [0, 0.1) is 0 Å². The lowest BCUT2D eigenvalue weighted by Gasteiger charge is -1.80. The van der Waals surface area contributed by atoms with E-state index >= 15 is 0 Å². The predicted molar refractivity (Wildman–Crippen MR) is 43.7 cm³/mol. The molecule has 0 saturated heterocycles. The van der Waals surface area contributed by atoms with Gasteiger partial charge < -0.3 is 5.32 Å². The molecule has 0 heterocycles. The minimum Gasteiger partial charge on any atom is -0.323 e. The summed E-state index contributed by atoms with van der Waals surface area (Å²) in [6.07, 6.45) is 3.44. The van der Waals surface area contributed by atoms with Gasteiger partial charge >= 0.3 is 0 Å². The Balaban J connectivity index is 0.